The van der Waals surface area contributed by atoms with Gasteiger partial charge < -0.3 is 19.5 Å². The van der Waals surface area contributed by atoms with Crippen LogP contribution in [0.3, 0.4) is 0 Å². The number of aryl methyl sites for hydroxylation is 1. The van der Waals surface area contributed by atoms with E-state index in [1.165, 1.54) is 0 Å². The van der Waals surface area contributed by atoms with E-state index in [-0.39, 0.29) is 12.0 Å². The highest BCUT2D eigenvalue weighted by Crippen LogP contribution is 2.27. The van der Waals surface area contributed by atoms with Gasteiger partial charge in [0.15, 0.2) is 11.6 Å². The Morgan fingerprint density at radius 3 is 2.96 bits per heavy atom. The number of hydrogen-bond donors (Lipinski definition) is 1. The second-order valence-electron chi connectivity index (χ2n) is 5.88. The van der Waals surface area contributed by atoms with E-state index in [1.54, 1.807) is 17.3 Å². The predicted molar refractivity (Wildman–Crippen MR) is 86.8 cm³/mol. The molecule has 1 amide bonds. The van der Waals surface area contributed by atoms with Crippen LogP contribution in [-0.2, 0) is 0 Å². The van der Waals surface area contributed by atoms with Gasteiger partial charge in [-0.1, -0.05) is 0 Å². The summed E-state index contributed by atoms with van der Waals surface area (Å²) >= 11 is 0. The number of carbonyl (C=O) groups excluding carboxylic acids is 1. The Hall–Kier alpha value is -2.57. The van der Waals surface area contributed by atoms with Gasteiger partial charge >= 0.3 is 0 Å². The van der Waals surface area contributed by atoms with Crippen LogP contribution in [-0.4, -0.2) is 59.0 Å². The SMILES string of the molecule is Cc1ncc(C(=O)N2CCC(Oc3cccnc3N(C)C)C2)[nH]1. The molecule has 0 spiro atoms. The number of imidazole rings is 1. The Bertz CT molecular complexity index is 697. The normalized spacial score (nSPS) is 17.3. The molecule has 122 valence electrons. The van der Waals surface area contributed by atoms with Crippen LogP contribution in [0.2, 0.25) is 0 Å². The standard InChI is InChI=1S/C16H21N5O2/c1-11-18-9-13(19-11)16(22)21-8-6-12(10-21)23-14-5-4-7-17-15(14)20(2)3/h4-5,7,9,12H,6,8,10H2,1-3H3,(H,18,19). The number of nitrogens with zero attached hydrogens (tertiary/aromatic N) is 4. The van der Waals surface area contributed by atoms with Gasteiger partial charge in [0.1, 0.15) is 17.6 Å². The van der Waals surface area contributed by atoms with Crippen LogP contribution in [0, 0.1) is 6.92 Å². The van der Waals surface area contributed by atoms with Crippen molar-refractivity contribution in [3.63, 3.8) is 0 Å². The van der Waals surface area contributed by atoms with Crippen molar-refractivity contribution in [2.75, 3.05) is 32.1 Å². The molecule has 1 aliphatic heterocycles. The van der Waals surface area contributed by atoms with Gasteiger partial charge in [-0.05, 0) is 19.1 Å². The molecule has 1 saturated heterocycles. The number of aromatic amines is 1. The van der Waals surface area contributed by atoms with Crippen LogP contribution in [0.4, 0.5) is 5.82 Å². The van der Waals surface area contributed by atoms with Crippen molar-refractivity contribution in [3.8, 4) is 5.75 Å². The number of rotatable bonds is 4. The molecule has 1 fully saturated rings. The van der Waals surface area contributed by atoms with Crippen molar-refractivity contribution in [3.05, 3.63) is 36.0 Å². The molecule has 3 rings (SSSR count). The lowest BCUT2D eigenvalue weighted by Crippen LogP contribution is -2.31. The number of anilines is 1. The minimum Gasteiger partial charge on any atom is -0.485 e. The minimum atomic E-state index is -0.0317. The molecule has 1 N–H and O–H groups in total. The van der Waals surface area contributed by atoms with E-state index >= 15 is 0 Å². The van der Waals surface area contributed by atoms with Gasteiger partial charge in [0, 0.05) is 33.3 Å². The van der Waals surface area contributed by atoms with Crippen LogP contribution in [0.1, 0.15) is 22.7 Å². The number of aromatic nitrogens is 3. The van der Waals surface area contributed by atoms with Crippen LogP contribution in [0.25, 0.3) is 0 Å². The first-order valence-corrected chi connectivity index (χ1v) is 7.64. The fourth-order valence-electron chi connectivity index (χ4n) is 2.70. The van der Waals surface area contributed by atoms with Gasteiger partial charge in [0.2, 0.25) is 0 Å². The fourth-order valence-corrected chi connectivity index (χ4v) is 2.70. The molecular formula is C16H21N5O2. The summed E-state index contributed by atoms with van der Waals surface area (Å²) in [6.07, 6.45) is 4.11. The highest BCUT2D eigenvalue weighted by molar-refractivity contribution is 5.92. The molecule has 2 aromatic rings. The van der Waals surface area contributed by atoms with E-state index in [0.29, 0.717) is 18.8 Å². The summed E-state index contributed by atoms with van der Waals surface area (Å²) in [5, 5.41) is 0. The number of nitrogens with one attached hydrogen (secondary N) is 1. The Kier molecular flexibility index (Phi) is 4.18. The first-order valence-electron chi connectivity index (χ1n) is 7.64. The molecule has 23 heavy (non-hydrogen) atoms. The predicted octanol–water partition coefficient (Wildman–Crippen LogP) is 1.47. The summed E-state index contributed by atoms with van der Waals surface area (Å²) in [4.78, 5) is 27.5. The third kappa shape index (κ3) is 3.28. The van der Waals surface area contributed by atoms with Crippen molar-refractivity contribution in [1.29, 1.82) is 0 Å². The molecule has 0 saturated carbocycles. The molecule has 7 nitrogen and oxygen atoms in total. The lowest BCUT2D eigenvalue weighted by molar-refractivity contribution is 0.0767. The molecule has 3 heterocycles. The van der Waals surface area contributed by atoms with Gasteiger partial charge in [-0.25, -0.2) is 9.97 Å². The number of likely N-dealkylation sites (tertiary alicyclic amines) is 1. The van der Waals surface area contributed by atoms with Crippen molar-refractivity contribution in [2.45, 2.75) is 19.4 Å². The third-order valence-electron chi connectivity index (χ3n) is 3.83. The molecule has 1 unspecified atom stereocenters. The van der Waals surface area contributed by atoms with Gasteiger partial charge in [-0.2, -0.15) is 0 Å². The largest absolute Gasteiger partial charge is 0.485 e. The highest BCUT2D eigenvalue weighted by atomic mass is 16.5. The maximum atomic E-state index is 12.4. The highest BCUT2D eigenvalue weighted by Gasteiger charge is 2.29. The molecule has 0 radical (unpaired) electrons. The lowest BCUT2D eigenvalue weighted by atomic mass is 10.3. The van der Waals surface area contributed by atoms with Crippen molar-refractivity contribution in [2.24, 2.45) is 0 Å². The summed E-state index contributed by atoms with van der Waals surface area (Å²) in [5.74, 6) is 2.25. The third-order valence-corrected chi connectivity index (χ3v) is 3.83. The van der Waals surface area contributed by atoms with Gasteiger partial charge in [-0.3, -0.25) is 4.79 Å². The van der Waals surface area contributed by atoms with Crippen molar-refractivity contribution < 1.29 is 9.53 Å². The van der Waals surface area contributed by atoms with E-state index in [2.05, 4.69) is 15.0 Å². The lowest BCUT2D eigenvalue weighted by Gasteiger charge is -2.20. The Morgan fingerprint density at radius 1 is 1.43 bits per heavy atom. The molecule has 0 aromatic carbocycles. The summed E-state index contributed by atoms with van der Waals surface area (Å²) in [6, 6.07) is 3.76. The second kappa shape index (κ2) is 6.28. The number of hydrogen-bond acceptors (Lipinski definition) is 5. The maximum absolute atomic E-state index is 12.4. The topological polar surface area (TPSA) is 74.4 Å². The second-order valence-corrected chi connectivity index (χ2v) is 5.88. The Morgan fingerprint density at radius 2 is 2.26 bits per heavy atom. The van der Waals surface area contributed by atoms with Gasteiger partial charge in [0.25, 0.3) is 5.91 Å². The van der Waals surface area contributed by atoms with Crippen molar-refractivity contribution >= 4 is 11.7 Å². The minimum absolute atomic E-state index is 0.0223. The zero-order valence-electron chi connectivity index (χ0n) is 13.6. The van der Waals surface area contributed by atoms with Crippen LogP contribution >= 0.6 is 0 Å². The Labute approximate surface area is 135 Å². The molecule has 1 atom stereocenters. The maximum Gasteiger partial charge on any atom is 0.272 e. The van der Waals surface area contributed by atoms with Crippen LogP contribution in [0.5, 0.6) is 5.75 Å². The summed E-state index contributed by atoms with van der Waals surface area (Å²) in [5.41, 5.74) is 0.526. The number of amides is 1. The number of pyridine rings is 1. The van der Waals surface area contributed by atoms with E-state index in [9.17, 15) is 4.79 Å². The average molecular weight is 315 g/mol. The summed E-state index contributed by atoms with van der Waals surface area (Å²) in [6.45, 7) is 3.08. The summed E-state index contributed by atoms with van der Waals surface area (Å²) in [7, 11) is 3.86. The number of ether oxygens (including phenoxy) is 1. The molecule has 2 aromatic heterocycles. The van der Waals surface area contributed by atoms with Crippen LogP contribution < -0.4 is 9.64 Å². The summed E-state index contributed by atoms with van der Waals surface area (Å²) < 4.78 is 6.07. The smallest absolute Gasteiger partial charge is 0.272 e. The average Bonchev–Trinajstić information content (AvgIpc) is 3.16. The number of carbonyl (C=O) groups is 1. The fraction of sp³-hybridized carbons (Fsp3) is 0.438. The Balaban J connectivity index is 1.65. The molecule has 7 heteroatoms. The van der Waals surface area contributed by atoms with Gasteiger partial charge in [0.05, 0.1) is 12.7 Å². The monoisotopic (exact) mass is 315 g/mol. The molecular weight excluding hydrogens is 294 g/mol. The van der Waals surface area contributed by atoms with Crippen molar-refractivity contribution in [1.82, 2.24) is 19.9 Å². The molecule has 0 bridgehead atoms. The quantitative estimate of drug-likeness (QED) is 0.925. The zero-order valence-corrected chi connectivity index (χ0v) is 13.6. The van der Waals surface area contributed by atoms with E-state index in [4.69, 9.17) is 4.74 Å². The first-order chi connectivity index (χ1) is 11.0. The van der Waals surface area contributed by atoms with Crippen LogP contribution in [0.15, 0.2) is 24.5 Å². The number of H-pyrrole nitrogens is 1. The molecule has 1 aliphatic rings. The van der Waals surface area contributed by atoms with Gasteiger partial charge in [-0.15, -0.1) is 0 Å². The van der Waals surface area contributed by atoms with E-state index in [1.807, 2.05) is 38.1 Å². The zero-order chi connectivity index (χ0) is 16.4. The van der Waals surface area contributed by atoms with E-state index < -0.39 is 0 Å². The molecule has 0 aliphatic carbocycles. The van der Waals surface area contributed by atoms with E-state index in [0.717, 1.165) is 23.8 Å². The first kappa shape index (κ1) is 15.3.